The Morgan fingerprint density at radius 1 is 1.26 bits per heavy atom. The van der Waals surface area contributed by atoms with Crippen molar-refractivity contribution in [3.63, 3.8) is 0 Å². The first-order valence-corrected chi connectivity index (χ1v) is 8.66. The number of hydrogen-bond acceptors (Lipinski definition) is 3. The van der Waals surface area contributed by atoms with Gasteiger partial charge in [0.15, 0.2) is 0 Å². The lowest BCUT2D eigenvalue weighted by atomic mass is 9.79. The summed E-state index contributed by atoms with van der Waals surface area (Å²) in [5.74, 6) is 1.70. The number of nitrogens with one attached hydrogen (secondary N) is 1. The van der Waals surface area contributed by atoms with E-state index in [-0.39, 0.29) is 0 Å². The van der Waals surface area contributed by atoms with Crippen LogP contribution >= 0.6 is 11.3 Å². The molecule has 0 radical (unpaired) electrons. The van der Waals surface area contributed by atoms with Crippen molar-refractivity contribution in [1.29, 1.82) is 0 Å². The van der Waals surface area contributed by atoms with Gasteiger partial charge in [-0.3, -0.25) is 0 Å². The molecule has 0 bridgehead atoms. The quantitative estimate of drug-likeness (QED) is 0.859. The predicted octanol–water partition coefficient (Wildman–Crippen LogP) is 4.49. The summed E-state index contributed by atoms with van der Waals surface area (Å²) >= 11 is 1.91. The van der Waals surface area contributed by atoms with E-state index in [2.05, 4.69) is 33.0 Å². The zero-order valence-corrected chi connectivity index (χ0v) is 13.6. The number of aromatic nitrogens is 1. The van der Waals surface area contributed by atoms with Crippen LogP contribution in [0.4, 0.5) is 0 Å². The summed E-state index contributed by atoms with van der Waals surface area (Å²) in [6.45, 7) is 10.1. The molecule has 3 heteroatoms. The second-order valence-electron chi connectivity index (χ2n) is 5.96. The Morgan fingerprint density at radius 3 is 2.47 bits per heavy atom. The highest BCUT2D eigenvalue weighted by Crippen LogP contribution is 2.38. The third-order valence-electron chi connectivity index (χ3n) is 4.47. The van der Waals surface area contributed by atoms with Crippen molar-refractivity contribution in [3.05, 3.63) is 15.6 Å². The smallest absolute Gasteiger partial charge is 0.110 e. The summed E-state index contributed by atoms with van der Waals surface area (Å²) < 4.78 is 0. The molecule has 0 aromatic carbocycles. The van der Waals surface area contributed by atoms with Crippen molar-refractivity contribution in [2.75, 3.05) is 6.54 Å². The van der Waals surface area contributed by atoms with Gasteiger partial charge in [0, 0.05) is 4.88 Å². The topological polar surface area (TPSA) is 24.9 Å². The molecule has 108 valence electrons. The van der Waals surface area contributed by atoms with Gasteiger partial charge in [0.1, 0.15) is 5.01 Å². The molecular weight excluding hydrogens is 252 g/mol. The van der Waals surface area contributed by atoms with Crippen LogP contribution in [0, 0.1) is 18.8 Å². The van der Waals surface area contributed by atoms with Crippen LogP contribution in [0.2, 0.25) is 0 Å². The number of rotatable bonds is 5. The van der Waals surface area contributed by atoms with Crippen LogP contribution in [0.15, 0.2) is 0 Å². The fourth-order valence-corrected chi connectivity index (χ4v) is 4.39. The second-order valence-corrected chi connectivity index (χ2v) is 7.20. The van der Waals surface area contributed by atoms with Crippen molar-refractivity contribution in [2.24, 2.45) is 11.8 Å². The van der Waals surface area contributed by atoms with Crippen LogP contribution in [0.25, 0.3) is 0 Å². The molecule has 1 saturated carbocycles. The fourth-order valence-electron chi connectivity index (χ4n) is 3.21. The molecule has 1 unspecified atom stereocenters. The zero-order valence-electron chi connectivity index (χ0n) is 12.8. The van der Waals surface area contributed by atoms with Gasteiger partial charge >= 0.3 is 0 Å². The molecule has 19 heavy (non-hydrogen) atoms. The summed E-state index contributed by atoms with van der Waals surface area (Å²) in [6.07, 6.45) is 6.55. The first-order chi connectivity index (χ1) is 9.15. The van der Waals surface area contributed by atoms with Crippen molar-refractivity contribution in [1.82, 2.24) is 10.3 Å². The standard InChI is InChI=1S/C16H28N2S/c1-5-14-12(4)19-16(18-14)15(17-6-2)13-9-7-11(3)8-10-13/h11,13,15,17H,5-10H2,1-4H3. The van der Waals surface area contributed by atoms with Crippen LogP contribution in [-0.2, 0) is 6.42 Å². The summed E-state index contributed by atoms with van der Waals surface area (Å²) in [5.41, 5.74) is 1.30. The SMILES string of the molecule is CCNC(c1nc(CC)c(C)s1)C1CCC(C)CC1. The molecule has 0 spiro atoms. The summed E-state index contributed by atoms with van der Waals surface area (Å²) in [7, 11) is 0. The molecule has 0 saturated heterocycles. The van der Waals surface area contributed by atoms with E-state index in [0.717, 1.165) is 24.8 Å². The van der Waals surface area contributed by atoms with Gasteiger partial charge in [0.05, 0.1) is 11.7 Å². The van der Waals surface area contributed by atoms with E-state index in [1.165, 1.54) is 41.3 Å². The molecular formula is C16H28N2S. The Kier molecular flexibility index (Phi) is 5.40. The molecule has 2 rings (SSSR count). The highest BCUT2D eigenvalue weighted by Gasteiger charge is 2.29. The average molecular weight is 280 g/mol. The molecule has 1 heterocycles. The van der Waals surface area contributed by atoms with E-state index in [4.69, 9.17) is 4.98 Å². The Hall–Kier alpha value is -0.410. The minimum absolute atomic E-state index is 0.487. The van der Waals surface area contributed by atoms with Crippen molar-refractivity contribution >= 4 is 11.3 Å². The molecule has 1 N–H and O–H groups in total. The zero-order chi connectivity index (χ0) is 13.8. The van der Waals surface area contributed by atoms with Crippen LogP contribution in [0.3, 0.4) is 0 Å². The highest BCUT2D eigenvalue weighted by molar-refractivity contribution is 7.11. The van der Waals surface area contributed by atoms with Gasteiger partial charge in [-0.15, -0.1) is 11.3 Å². The maximum atomic E-state index is 4.90. The van der Waals surface area contributed by atoms with Gasteiger partial charge in [-0.1, -0.05) is 33.6 Å². The van der Waals surface area contributed by atoms with E-state index >= 15 is 0 Å². The van der Waals surface area contributed by atoms with Gasteiger partial charge < -0.3 is 5.32 Å². The molecule has 1 atom stereocenters. The fraction of sp³-hybridized carbons (Fsp3) is 0.812. The Morgan fingerprint density at radius 2 is 1.95 bits per heavy atom. The molecule has 1 aromatic heterocycles. The minimum Gasteiger partial charge on any atom is -0.308 e. The largest absolute Gasteiger partial charge is 0.308 e. The van der Waals surface area contributed by atoms with E-state index < -0.39 is 0 Å². The van der Waals surface area contributed by atoms with E-state index in [0.29, 0.717) is 6.04 Å². The Labute approximate surface area is 122 Å². The molecule has 0 aliphatic heterocycles. The lowest BCUT2D eigenvalue weighted by molar-refractivity contribution is 0.233. The monoisotopic (exact) mass is 280 g/mol. The minimum atomic E-state index is 0.487. The lowest BCUT2D eigenvalue weighted by Gasteiger charge is -2.32. The third-order valence-corrected chi connectivity index (χ3v) is 5.56. The molecule has 1 aliphatic rings. The number of aryl methyl sites for hydroxylation is 2. The van der Waals surface area contributed by atoms with Crippen LogP contribution in [-0.4, -0.2) is 11.5 Å². The van der Waals surface area contributed by atoms with Gasteiger partial charge in [-0.2, -0.15) is 0 Å². The maximum absolute atomic E-state index is 4.90. The molecule has 1 aromatic rings. The normalized spacial score (nSPS) is 25.5. The first kappa shape index (κ1) is 15.0. The highest BCUT2D eigenvalue weighted by atomic mass is 32.1. The van der Waals surface area contributed by atoms with Gasteiger partial charge in [-0.25, -0.2) is 4.98 Å². The average Bonchev–Trinajstić information content (AvgIpc) is 2.78. The molecule has 0 amide bonds. The third kappa shape index (κ3) is 3.57. The number of nitrogens with zero attached hydrogens (tertiary/aromatic N) is 1. The van der Waals surface area contributed by atoms with Crippen LogP contribution in [0.1, 0.15) is 68.1 Å². The van der Waals surface area contributed by atoms with Crippen molar-refractivity contribution in [3.8, 4) is 0 Å². The molecule has 2 nitrogen and oxygen atoms in total. The second kappa shape index (κ2) is 6.85. The van der Waals surface area contributed by atoms with Crippen LogP contribution in [0.5, 0.6) is 0 Å². The summed E-state index contributed by atoms with van der Waals surface area (Å²) in [5, 5.41) is 5.03. The maximum Gasteiger partial charge on any atom is 0.110 e. The van der Waals surface area contributed by atoms with Gasteiger partial charge in [0.25, 0.3) is 0 Å². The lowest BCUT2D eigenvalue weighted by Crippen LogP contribution is -2.30. The number of hydrogen-bond donors (Lipinski definition) is 1. The first-order valence-electron chi connectivity index (χ1n) is 7.85. The molecule has 1 aliphatic carbocycles. The Balaban J connectivity index is 2.14. The van der Waals surface area contributed by atoms with Gasteiger partial charge in [-0.05, 0) is 44.6 Å². The predicted molar refractivity (Wildman–Crippen MR) is 83.8 cm³/mol. The van der Waals surface area contributed by atoms with Crippen molar-refractivity contribution in [2.45, 2.75) is 65.8 Å². The molecule has 1 fully saturated rings. The summed E-state index contributed by atoms with van der Waals surface area (Å²) in [6, 6.07) is 0.487. The number of thiazole rings is 1. The van der Waals surface area contributed by atoms with Crippen LogP contribution < -0.4 is 5.32 Å². The van der Waals surface area contributed by atoms with E-state index in [1.54, 1.807) is 0 Å². The van der Waals surface area contributed by atoms with Crippen molar-refractivity contribution < 1.29 is 0 Å². The van der Waals surface area contributed by atoms with E-state index in [9.17, 15) is 0 Å². The summed E-state index contributed by atoms with van der Waals surface area (Å²) in [4.78, 5) is 6.30. The van der Waals surface area contributed by atoms with E-state index in [1.807, 2.05) is 11.3 Å². The Bertz CT molecular complexity index is 391. The van der Waals surface area contributed by atoms with Gasteiger partial charge in [0.2, 0.25) is 0 Å².